The van der Waals surface area contributed by atoms with Crippen LogP contribution in [0.4, 0.5) is 10.2 Å². The molecule has 26 heavy (non-hydrogen) atoms. The van der Waals surface area contributed by atoms with E-state index in [9.17, 15) is 14.3 Å². The van der Waals surface area contributed by atoms with Crippen molar-refractivity contribution < 1.29 is 14.3 Å². The first-order valence-electron chi connectivity index (χ1n) is 8.37. The van der Waals surface area contributed by atoms with E-state index in [2.05, 4.69) is 20.3 Å². The summed E-state index contributed by atoms with van der Waals surface area (Å²) in [6.45, 7) is -0.245. The third-order valence-corrected chi connectivity index (χ3v) is 4.27. The second kappa shape index (κ2) is 6.68. The summed E-state index contributed by atoms with van der Waals surface area (Å²) in [5.74, 6) is 0.594. The number of benzene rings is 1. The van der Waals surface area contributed by atoms with Gasteiger partial charge >= 0.3 is 0 Å². The molecule has 1 saturated carbocycles. The van der Waals surface area contributed by atoms with Crippen LogP contribution in [0.2, 0.25) is 0 Å². The van der Waals surface area contributed by atoms with Gasteiger partial charge in [-0.25, -0.2) is 14.4 Å². The first kappa shape index (κ1) is 16.4. The molecule has 0 aliphatic heterocycles. The largest absolute Gasteiger partial charge is 0.388 e. The number of carbonyl (C=O) groups is 1. The van der Waals surface area contributed by atoms with Gasteiger partial charge in [0.25, 0.3) is 0 Å². The number of hydrogen-bond donors (Lipinski definition) is 3. The molecule has 1 amide bonds. The highest BCUT2D eigenvalue weighted by atomic mass is 19.1. The maximum absolute atomic E-state index is 13.2. The average Bonchev–Trinajstić information content (AvgIpc) is 3.42. The minimum Gasteiger partial charge on any atom is -0.388 e. The molecule has 3 aromatic rings. The molecule has 0 saturated heterocycles. The third-order valence-electron chi connectivity index (χ3n) is 4.27. The lowest BCUT2D eigenvalue weighted by atomic mass is 10.1. The fourth-order valence-electron chi connectivity index (χ4n) is 2.75. The number of nitrogens with zero attached hydrogens (tertiary/aromatic N) is 2. The lowest BCUT2D eigenvalue weighted by Crippen LogP contribution is -2.14. The minimum atomic E-state index is -0.328. The number of H-pyrrole nitrogens is 1. The van der Waals surface area contributed by atoms with Gasteiger partial charge in [-0.1, -0.05) is 0 Å². The molecule has 3 N–H and O–H groups in total. The molecule has 0 radical (unpaired) electrons. The molecule has 0 atom stereocenters. The Bertz CT molecular complexity index is 948. The summed E-state index contributed by atoms with van der Waals surface area (Å²) < 4.78 is 13.2. The highest BCUT2D eigenvalue weighted by Gasteiger charge is 2.29. The molecule has 6 nitrogen and oxygen atoms in total. The lowest BCUT2D eigenvalue weighted by molar-refractivity contribution is -0.117. The molecule has 2 aromatic heterocycles. The highest BCUT2D eigenvalue weighted by molar-refractivity contribution is 5.94. The Hall–Kier alpha value is -3.06. The minimum absolute atomic E-state index is 0.0218. The van der Waals surface area contributed by atoms with E-state index in [1.165, 1.54) is 12.1 Å². The smallest absolute Gasteiger partial charge is 0.228 e. The summed E-state index contributed by atoms with van der Waals surface area (Å²) in [5.41, 5.74) is 2.75. The Morgan fingerprint density at radius 1 is 1.23 bits per heavy atom. The summed E-state index contributed by atoms with van der Waals surface area (Å²) >= 11 is 0. The van der Waals surface area contributed by atoms with Gasteiger partial charge in [0.2, 0.25) is 5.91 Å². The number of amides is 1. The maximum atomic E-state index is 13.2. The van der Waals surface area contributed by atoms with Gasteiger partial charge in [0, 0.05) is 23.2 Å². The van der Waals surface area contributed by atoms with Gasteiger partial charge in [0.15, 0.2) is 0 Å². The third kappa shape index (κ3) is 3.34. The van der Waals surface area contributed by atoms with Crippen molar-refractivity contribution in [3.63, 3.8) is 0 Å². The molecular formula is C19H17FN4O2. The van der Waals surface area contributed by atoms with Crippen LogP contribution in [-0.4, -0.2) is 26.0 Å². The van der Waals surface area contributed by atoms with E-state index >= 15 is 0 Å². The Labute approximate surface area is 149 Å². The standard InChI is InChI=1S/C19H17FN4O2/c20-14-5-3-11(4-6-14)17-18(23-16(10-25)22-17)13-7-8-21-15(9-13)24-19(26)12-1-2-12/h3-9,12,25H,1-2,10H2,(H,22,23)(H,21,24,26). The molecule has 1 aromatic carbocycles. The number of hydrogen-bond acceptors (Lipinski definition) is 4. The second-order valence-electron chi connectivity index (χ2n) is 6.27. The Morgan fingerprint density at radius 3 is 2.69 bits per heavy atom. The Balaban J connectivity index is 1.71. The summed E-state index contributed by atoms with van der Waals surface area (Å²) in [4.78, 5) is 23.6. The van der Waals surface area contributed by atoms with Crippen LogP contribution < -0.4 is 5.32 Å². The molecule has 132 valence electrons. The molecule has 2 heterocycles. The summed E-state index contributed by atoms with van der Waals surface area (Å²) in [7, 11) is 0. The van der Waals surface area contributed by atoms with Gasteiger partial charge in [0.1, 0.15) is 24.1 Å². The molecular weight excluding hydrogens is 335 g/mol. The zero-order valence-corrected chi connectivity index (χ0v) is 13.9. The van der Waals surface area contributed by atoms with Gasteiger partial charge in [0.05, 0.1) is 11.4 Å². The van der Waals surface area contributed by atoms with Crippen molar-refractivity contribution in [3.8, 4) is 22.5 Å². The van der Waals surface area contributed by atoms with E-state index in [-0.39, 0.29) is 24.2 Å². The Morgan fingerprint density at radius 2 is 2.00 bits per heavy atom. The zero-order chi connectivity index (χ0) is 18.1. The number of nitrogens with one attached hydrogen (secondary N) is 2. The van der Waals surface area contributed by atoms with Crippen molar-refractivity contribution in [1.29, 1.82) is 0 Å². The number of aliphatic hydroxyl groups excluding tert-OH is 1. The molecule has 0 unspecified atom stereocenters. The summed E-state index contributed by atoms with van der Waals surface area (Å²) in [6.07, 6.45) is 3.43. The molecule has 0 spiro atoms. The summed E-state index contributed by atoms with van der Waals surface area (Å²) in [6, 6.07) is 9.54. The van der Waals surface area contributed by atoms with Gasteiger partial charge in [-0.05, 0) is 49.2 Å². The number of anilines is 1. The van der Waals surface area contributed by atoms with Crippen LogP contribution in [0.25, 0.3) is 22.5 Å². The van der Waals surface area contributed by atoms with Crippen molar-refractivity contribution >= 4 is 11.7 Å². The normalized spacial score (nSPS) is 13.6. The van der Waals surface area contributed by atoms with Crippen molar-refractivity contribution in [3.05, 3.63) is 54.2 Å². The van der Waals surface area contributed by atoms with Crippen LogP contribution in [0, 0.1) is 11.7 Å². The van der Waals surface area contributed by atoms with Crippen LogP contribution >= 0.6 is 0 Å². The fourth-order valence-corrected chi connectivity index (χ4v) is 2.75. The topological polar surface area (TPSA) is 90.9 Å². The number of carbonyl (C=O) groups excluding carboxylic acids is 1. The van der Waals surface area contributed by atoms with Crippen LogP contribution in [0.3, 0.4) is 0 Å². The number of imidazole rings is 1. The molecule has 1 aliphatic carbocycles. The SMILES string of the molecule is O=C(Nc1cc(-c2nc(CO)[nH]c2-c2ccc(F)cc2)ccn1)C1CC1. The second-order valence-corrected chi connectivity index (χ2v) is 6.27. The van der Waals surface area contributed by atoms with Crippen molar-refractivity contribution in [2.24, 2.45) is 5.92 Å². The van der Waals surface area contributed by atoms with Crippen molar-refractivity contribution in [2.45, 2.75) is 19.4 Å². The van der Waals surface area contributed by atoms with E-state index in [1.807, 2.05) is 0 Å². The Kier molecular flexibility index (Phi) is 4.22. The van der Waals surface area contributed by atoms with E-state index in [1.54, 1.807) is 30.5 Å². The van der Waals surface area contributed by atoms with Crippen LogP contribution in [0.5, 0.6) is 0 Å². The van der Waals surface area contributed by atoms with Crippen molar-refractivity contribution in [2.75, 3.05) is 5.32 Å². The zero-order valence-electron chi connectivity index (χ0n) is 13.9. The van der Waals surface area contributed by atoms with Crippen LogP contribution in [0.1, 0.15) is 18.7 Å². The first-order chi connectivity index (χ1) is 12.6. The number of halogens is 1. The van der Waals surface area contributed by atoms with E-state index in [4.69, 9.17) is 0 Å². The fraction of sp³-hybridized carbons (Fsp3) is 0.211. The predicted molar refractivity (Wildman–Crippen MR) is 94.5 cm³/mol. The lowest BCUT2D eigenvalue weighted by Gasteiger charge is -2.07. The van der Waals surface area contributed by atoms with Gasteiger partial charge in [-0.2, -0.15) is 0 Å². The first-order valence-corrected chi connectivity index (χ1v) is 8.37. The average molecular weight is 352 g/mol. The van der Waals surface area contributed by atoms with Gasteiger partial charge in [-0.15, -0.1) is 0 Å². The molecule has 7 heteroatoms. The number of pyridine rings is 1. The van der Waals surface area contributed by atoms with E-state index in [0.29, 0.717) is 23.0 Å². The predicted octanol–water partition coefficient (Wildman–Crippen LogP) is 3.12. The van der Waals surface area contributed by atoms with Gasteiger partial charge < -0.3 is 15.4 Å². The van der Waals surface area contributed by atoms with Crippen LogP contribution in [0.15, 0.2) is 42.6 Å². The number of aromatic amines is 1. The maximum Gasteiger partial charge on any atom is 0.228 e. The number of aromatic nitrogens is 3. The monoisotopic (exact) mass is 352 g/mol. The number of aliphatic hydroxyl groups is 1. The molecule has 1 aliphatic rings. The van der Waals surface area contributed by atoms with E-state index < -0.39 is 0 Å². The van der Waals surface area contributed by atoms with Crippen molar-refractivity contribution in [1.82, 2.24) is 15.0 Å². The quantitative estimate of drug-likeness (QED) is 0.658. The van der Waals surface area contributed by atoms with Crippen LogP contribution in [-0.2, 0) is 11.4 Å². The summed E-state index contributed by atoms with van der Waals surface area (Å²) in [5, 5.41) is 12.2. The highest BCUT2D eigenvalue weighted by Crippen LogP contribution is 2.32. The molecule has 4 rings (SSSR count). The molecule has 0 bridgehead atoms. The number of rotatable bonds is 5. The van der Waals surface area contributed by atoms with E-state index in [0.717, 1.165) is 24.0 Å². The van der Waals surface area contributed by atoms with Gasteiger partial charge in [-0.3, -0.25) is 4.79 Å². The molecule has 1 fully saturated rings.